The third-order valence-electron chi connectivity index (χ3n) is 5.06. The monoisotopic (exact) mass is 436 g/mol. The average molecular weight is 437 g/mol. The van der Waals surface area contributed by atoms with Crippen molar-refractivity contribution >= 4 is 11.6 Å². The summed E-state index contributed by atoms with van der Waals surface area (Å²) in [6.45, 7) is 1.77. The van der Waals surface area contributed by atoms with Crippen LogP contribution in [0.25, 0.3) is 0 Å². The Hall–Kier alpha value is -3.04. The van der Waals surface area contributed by atoms with Crippen LogP contribution in [0.5, 0.6) is 11.5 Å². The van der Waals surface area contributed by atoms with Gasteiger partial charge in [0.2, 0.25) is 0 Å². The number of alkyl halides is 2. The Labute approximate surface area is 181 Å². The molecule has 1 aliphatic rings. The highest BCUT2D eigenvalue weighted by molar-refractivity contribution is 5.80. The van der Waals surface area contributed by atoms with Gasteiger partial charge in [-0.2, -0.15) is 13.9 Å². The second-order valence-corrected chi connectivity index (χ2v) is 7.35. The molecule has 1 atom stereocenters. The number of aromatic nitrogens is 2. The molecule has 0 bridgehead atoms. The predicted molar refractivity (Wildman–Crippen MR) is 116 cm³/mol. The molecule has 0 radical (unpaired) electrons. The van der Waals surface area contributed by atoms with Gasteiger partial charge in [-0.1, -0.05) is 0 Å². The fraction of sp³-hybridized carbons (Fsp3) is 0.524. The Morgan fingerprint density at radius 1 is 1.39 bits per heavy atom. The van der Waals surface area contributed by atoms with Gasteiger partial charge in [0.1, 0.15) is 11.5 Å². The lowest BCUT2D eigenvalue weighted by Gasteiger charge is -2.34. The first-order valence-electron chi connectivity index (χ1n) is 10.4. The van der Waals surface area contributed by atoms with Crippen LogP contribution in [0.3, 0.4) is 0 Å². The summed E-state index contributed by atoms with van der Waals surface area (Å²) in [6, 6.07) is 5.05. The molecule has 0 spiro atoms. The third-order valence-corrected chi connectivity index (χ3v) is 5.06. The lowest BCUT2D eigenvalue weighted by molar-refractivity contribution is -0.0505. The number of aliphatic imine (C=N–C) groups is 1. The van der Waals surface area contributed by atoms with Crippen LogP contribution >= 0.6 is 0 Å². The molecule has 10 heteroatoms. The molecule has 2 aromatic rings. The molecule has 1 aromatic heterocycles. The first kappa shape index (κ1) is 22.6. The first-order chi connectivity index (χ1) is 15.0. The molecule has 2 N–H and O–H groups in total. The van der Waals surface area contributed by atoms with Gasteiger partial charge in [-0.15, -0.1) is 0 Å². The Morgan fingerprint density at radius 2 is 2.23 bits per heavy atom. The zero-order valence-corrected chi connectivity index (χ0v) is 18.1. The SMILES string of the molecule is CCNC(=NCc1ccc(OC)cc1OC(F)F)NC1CCCN(c2cnn(C)c2)C1. The van der Waals surface area contributed by atoms with Gasteiger partial charge in [-0.05, 0) is 31.9 Å². The number of nitrogens with zero attached hydrogens (tertiary/aromatic N) is 4. The number of piperidine rings is 1. The summed E-state index contributed by atoms with van der Waals surface area (Å²) in [4.78, 5) is 6.90. The number of guanidine groups is 1. The number of halogens is 2. The van der Waals surface area contributed by atoms with Crippen molar-refractivity contribution in [2.75, 3.05) is 31.6 Å². The molecular formula is C21H30F2N6O2. The van der Waals surface area contributed by atoms with Crippen LogP contribution in [0, 0.1) is 0 Å². The van der Waals surface area contributed by atoms with Crippen LogP contribution in [0.2, 0.25) is 0 Å². The molecule has 2 heterocycles. The zero-order chi connectivity index (χ0) is 22.2. The molecule has 1 aliphatic heterocycles. The van der Waals surface area contributed by atoms with E-state index < -0.39 is 6.61 Å². The summed E-state index contributed by atoms with van der Waals surface area (Å²) < 4.78 is 37.2. The van der Waals surface area contributed by atoms with E-state index in [4.69, 9.17) is 4.74 Å². The van der Waals surface area contributed by atoms with E-state index in [1.165, 1.54) is 13.2 Å². The fourth-order valence-corrected chi connectivity index (χ4v) is 3.58. The van der Waals surface area contributed by atoms with E-state index in [1.807, 2.05) is 26.4 Å². The summed E-state index contributed by atoms with van der Waals surface area (Å²) in [7, 11) is 3.38. The Morgan fingerprint density at radius 3 is 2.90 bits per heavy atom. The number of aryl methyl sites for hydroxylation is 1. The molecule has 1 saturated heterocycles. The van der Waals surface area contributed by atoms with E-state index in [2.05, 4.69) is 30.4 Å². The van der Waals surface area contributed by atoms with Gasteiger partial charge < -0.3 is 25.0 Å². The number of hydrogen-bond donors (Lipinski definition) is 2. The van der Waals surface area contributed by atoms with Gasteiger partial charge in [0.05, 0.1) is 25.5 Å². The van der Waals surface area contributed by atoms with Gasteiger partial charge in [-0.3, -0.25) is 4.68 Å². The number of benzene rings is 1. The van der Waals surface area contributed by atoms with Crippen LogP contribution in [-0.2, 0) is 13.6 Å². The topological polar surface area (TPSA) is 75.9 Å². The zero-order valence-electron chi connectivity index (χ0n) is 18.1. The van der Waals surface area contributed by atoms with Crippen molar-refractivity contribution in [2.45, 2.75) is 39.0 Å². The normalized spacial score (nSPS) is 17.0. The summed E-state index contributed by atoms with van der Waals surface area (Å²) >= 11 is 0. The van der Waals surface area contributed by atoms with E-state index in [0.29, 0.717) is 23.8 Å². The largest absolute Gasteiger partial charge is 0.497 e. The molecule has 0 amide bonds. The quantitative estimate of drug-likeness (QED) is 0.490. The fourth-order valence-electron chi connectivity index (χ4n) is 3.58. The minimum absolute atomic E-state index is 0.0642. The maximum absolute atomic E-state index is 12.8. The van der Waals surface area contributed by atoms with Crippen LogP contribution < -0.4 is 25.0 Å². The van der Waals surface area contributed by atoms with Gasteiger partial charge in [0.15, 0.2) is 5.96 Å². The highest BCUT2D eigenvalue weighted by Gasteiger charge is 2.22. The molecule has 31 heavy (non-hydrogen) atoms. The van der Waals surface area contributed by atoms with Crippen molar-refractivity contribution in [1.82, 2.24) is 20.4 Å². The minimum atomic E-state index is -2.91. The molecule has 1 fully saturated rings. The van der Waals surface area contributed by atoms with Gasteiger partial charge in [-0.25, -0.2) is 4.99 Å². The number of anilines is 1. The molecule has 0 saturated carbocycles. The van der Waals surface area contributed by atoms with Crippen LogP contribution in [0.4, 0.5) is 14.5 Å². The van der Waals surface area contributed by atoms with E-state index in [1.54, 1.807) is 16.8 Å². The minimum Gasteiger partial charge on any atom is -0.497 e. The lowest BCUT2D eigenvalue weighted by Crippen LogP contribution is -2.51. The molecule has 1 unspecified atom stereocenters. The second-order valence-electron chi connectivity index (χ2n) is 7.35. The van der Waals surface area contributed by atoms with E-state index in [-0.39, 0.29) is 18.3 Å². The highest BCUT2D eigenvalue weighted by atomic mass is 19.3. The molecule has 1 aromatic carbocycles. The Bertz CT molecular complexity index is 873. The second kappa shape index (κ2) is 10.8. The van der Waals surface area contributed by atoms with Gasteiger partial charge in [0, 0.05) is 50.6 Å². The number of ether oxygens (including phenoxy) is 2. The summed E-state index contributed by atoms with van der Waals surface area (Å²) in [5.41, 5.74) is 1.65. The van der Waals surface area contributed by atoms with Gasteiger partial charge >= 0.3 is 6.61 Å². The van der Waals surface area contributed by atoms with Crippen molar-refractivity contribution in [3.8, 4) is 11.5 Å². The molecule has 170 valence electrons. The Kier molecular flexibility index (Phi) is 7.91. The van der Waals surface area contributed by atoms with Gasteiger partial charge in [0.25, 0.3) is 0 Å². The maximum Gasteiger partial charge on any atom is 0.387 e. The third kappa shape index (κ3) is 6.47. The number of methoxy groups -OCH3 is 1. The predicted octanol–water partition coefficient (Wildman–Crippen LogP) is 2.75. The lowest BCUT2D eigenvalue weighted by atomic mass is 10.1. The maximum atomic E-state index is 12.8. The van der Waals surface area contributed by atoms with Crippen molar-refractivity contribution in [3.63, 3.8) is 0 Å². The molecule has 3 rings (SSSR count). The summed E-state index contributed by atoms with van der Waals surface area (Å²) in [6.07, 6.45) is 5.95. The average Bonchev–Trinajstić information content (AvgIpc) is 3.19. The van der Waals surface area contributed by atoms with E-state index >= 15 is 0 Å². The molecular weight excluding hydrogens is 406 g/mol. The Balaban J connectivity index is 1.69. The molecule has 0 aliphatic carbocycles. The van der Waals surface area contributed by atoms with Crippen molar-refractivity contribution < 1.29 is 18.3 Å². The van der Waals surface area contributed by atoms with E-state index in [9.17, 15) is 8.78 Å². The van der Waals surface area contributed by atoms with Crippen LogP contribution in [-0.4, -0.2) is 55.1 Å². The van der Waals surface area contributed by atoms with Crippen molar-refractivity contribution in [3.05, 3.63) is 36.2 Å². The van der Waals surface area contributed by atoms with E-state index in [0.717, 1.165) is 31.6 Å². The summed E-state index contributed by atoms with van der Waals surface area (Å²) in [5.74, 6) is 1.15. The standard InChI is InChI=1S/C21H30F2N6O2/c1-4-24-21(25-11-15-7-8-18(30-3)10-19(15)31-20(22)23)27-16-6-5-9-29(13-16)17-12-26-28(2)14-17/h7-8,10,12,14,16,20H,4-6,9,11,13H2,1-3H3,(H2,24,25,27). The number of hydrogen-bond acceptors (Lipinski definition) is 5. The number of rotatable bonds is 8. The van der Waals surface area contributed by atoms with Crippen molar-refractivity contribution in [1.29, 1.82) is 0 Å². The first-order valence-corrected chi connectivity index (χ1v) is 10.4. The molecule has 8 nitrogen and oxygen atoms in total. The van der Waals surface area contributed by atoms with Crippen molar-refractivity contribution in [2.24, 2.45) is 12.0 Å². The van der Waals surface area contributed by atoms with Crippen LogP contribution in [0.15, 0.2) is 35.6 Å². The summed E-state index contributed by atoms with van der Waals surface area (Å²) in [5, 5.41) is 11.0. The highest BCUT2D eigenvalue weighted by Crippen LogP contribution is 2.27. The van der Waals surface area contributed by atoms with Crippen LogP contribution in [0.1, 0.15) is 25.3 Å². The smallest absolute Gasteiger partial charge is 0.387 e. The number of nitrogens with one attached hydrogen (secondary N) is 2.